The van der Waals surface area contributed by atoms with Crippen LogP contribution in [0.1, 0.15) is 74.6 Å². The Kier molecular flexibility index (Phi) is 6.59. The van der Waals surface area contributed by atoms with Crippen LogP contribution in [0.25, 0.3) is 11.3 Å². The molecule has 0 aromatic carbocycles. The number of hydrogen-bond donors (Lipinski definition) is 2. The molecule has 0 fully saturated rings. The van der Waals surface area contributed by atoms with Gasteiger partial charge in [-0.15, -0.1) is 0 Å². The van der Waals surface area contributed by atoms with Crippen molar-refractivity contribution in [3.63, 3.8) is 0 Å². The highest BCUT2D eigenvalue weighted by Gasteiger charge is 2.31. The second-order valence-electron chi connectivity index (χ2n) is 8.38. The van der Waals surface area contributed by atoms with Crippen LogP contribution in [0.3, 0.4) is 0 Å². The molecule has 160 valence electrons. The summed E-state index contributed by atoms with van der Waals surface area (Å²) in [6.07, 6.45) is 7.49. The molecule has 0 saturated carbocycles. The number of carbonyl (C=O) groups is 1. The van der Waals surface area contributed by atoms with E-state index in [0.717, 1.165) is 65.0 Å². The van der Waals surface area contributed by atoms with E-state index in [9.17, 15) is 4.79 Å². The number of aryl methyl sites for hydroxylation is 2. The Bertz CT molecular complexity index is 1020. The molecule has 2 aromatic heterocycles. The summed E-state index contributed by atoms with van der Waals surface area (Å²) in [7, 11) is 0. The number of ketones is 1. The van der Waals surface area contributed by atoms with Crippen LogP contribution < -0.4 is 5.32 Å². The van der Waals surface area contributed by atoms with Gasteiger partial charge in [-0.3, -0.25) is 4.79 Å². The van der Waals surface area contributed by atoms with E-state index in [4.69, 9.17) is 0 Å². The number of nitrogens with one attached hydrogen (secondary N) is 2. The van der Waals surface area contributed by atoms with Gasteiger partial charge in [-0.1, -0.05) is 39.3 Å². The summed E-state index contributed by atoms with van der Waals surface area (Å²) in [5.74, 6) is -0.0703. The Morgan fingerprint density at radius 3 is 2.73 bits per heavy atom. The van der Waals surface area contributed by atoms with Gasteiger partial charge in [0.05, 0.1) is 5.69 Å². The number of pyridine rings is 1. The molecule has 4 nitrogen and oxygen atoms in total. The molecule has 0 spiro atoms. The van der Waals surface area contributed by atoms with E-state index in [-0.39, 0.29) is 23.3 Å². The number of nitrogens with zero attached hydrogens (tertiary/aromatic N) is 1. The minimum absolute atomic E-state index is 0.0450. The van der Waals surface area contributed by atoms with Crippen LogP contribution in [0.4, 0.5) is 10.2 Å². The van der Waals surface area contributed by atoms with Gasteiger partial charge in [-0.05, 0) is 56.7 Å². The molecule has 2 aromatic rings. The fourth-order valence-electron chi connectivity index (χ4n) is 4.15. The lowest BCUT2D eigenvalue weighted by Crippen LogP contribution is -2.15. The highest BCUT2D eigenvalue weighted by molar-refractivity contribution is 6.02. The van der Waals surface area contributed by atoms with Crippen molar-refractivity contribution in [2.45, 2.75) is 66.7 Å². The maximum Gasteiger partial charge on any atom is 0.175 e. The lowest BCUT2D eigenvalue weighted by atomic mass is 9.85. The van der Waals surface area contributed by atoms with Crippen LogP contribution >= 0.6 is 0 Å². The molecule has 1 aliphatic carbocycles. The van der Waals surface area contributed by atoms with Crippen molar-refractivity contribution in [1.29, 1.82) is 0 Å². The minimum atomic E-state index is -0.380. The van der Waals surface area contributed by atoms with Gasteiger partial charge in [0.1, 0.15) is 0 Å². The van der Waals surface area contributed by atoms with Crippen LogP contribution in [-0.4, -0.2) is 15.8 Å². The normalized spacial score (nSPS) is 14.1. The predicted octanol–water partition coefficient (Wildman–Crippen LogP) is 6.39. The number of halogens is 1. The molecule has 0 saturated heterocycles. The third-order valence-corrected chi connectivity index (χ3v) is 5.76. The average molecular weight is 410 g/mol. The van der Waals surface area contributed by atoms with E-state index < -0.39 is 0 Å². The maximum atomic E-state index is 15.6. The third kappa shape index (κ3) is 4.11. The molecule has 0 aliphatic heterocycles. The van der Waals surface area contributed by atoms with Crippen molar-refractivity contribution >= 4 is 11.6 Å². The summed E-state index contributed by atoms with van der Waals surface area (Å²) in [6.45, 7) is 13.7. The van der Waals surface area contributed by atoms with Gasteiger partial charge in [0.15, 0.2) is 17.4 Å². The van der Waals surface area contributed by atoms with Gasteiger partial charge >= 0.3 is 0 Å². The molecule has 0 amide bonds. The largest absolute Gasteiger partial charge is 0.357 e. The molecule has 30 heavy (non-hydrogen) atoms. The summed E-state index contributed by atoms with van der Waals surface area (Å²) >= 11 is 0. The number of anilines is 1. The SMILES string of the molecule is C=C(C)/C=C(\C)Nc1ncc2c(c1F)-c1[nH]c(CCC)c(C(=O)C(C)CC)c1CC2. The summed E-state index contributed by atoms with van der Waals surface area (Å²) in [5, 5.41) is 3.05. The molecule has 2 heterocycles. The molecule has 1 unspecified atom stereocenters. The number of H-pyrrole nitrogens is 1. The Morgan fingerprint density at radius 2 is 2.10 bits per heavy atom. The van der Waals surface area contributed by atoms with Gasteiger partial charge in [0.25, 0.3) is 0 Å². The molecule has 1 aliphatic rings. The maximum absolute atomic E-state index is 15.6. The number of fused-ring (bicyclic) bond motifs is 3. The Balaban J connectivity index is 2.14. The zero-order valence-electron chi connectivity index (χ0n) is 18.7. The molecule has 5 heteroatoms. The van der Waals surface area contributed by atoms with Crippen molar-refractivity contribution in [3.8, 4) is 11.3 Å². The van der Waals surface area contributed by atoms with Crippen molar-refractivity contribution < 1.29 is 9.18 Å². The van der Waals surface area contributed by atoms with Gasteiger partial charge in [-0.2, -0.15) is 0 Å². The fourth-order valence-corrected chi connectivity index (χ4v) is 4.15. The fraction of sp³-hybridized carbons (Fsp3) is 0.440. The lowest BCUT2D eigenvalue weighted by Gasteiger charge is -2.20. The summed E-state index contributed by atoms with van der Waals surface area (Å²) in [5.41, 5.74) is 6.49. The number of hydrogen-bond acceptors (Lipinski definition) is 3. The summed E-state index contributed by atoms with van der Waals surface area (Å²) in [4.78, 5) is 20.9. The van der Waals surface area contributed by atoms with Gasteiger partial charge < -0.3 is 10.3 Å². The van der Waals surface area contributed by atoms with Crippen LogP contribution in [0.2, 0.25) is 0 Å². The van der Waals surface area contributed by atoms with E-state index >= 15 is 4.39 Å². The number of aromatic amines is 1. The van der Waals surface area contributed by atoms with Crippen molar-refractivity contribution in [2.24, 2.45) is 5.92 Å². The van der Waals surface area contributed by atoms with Gasteiger partial charge in [0.2, 0.25) is 0 Å². The number of allylic oxidation sites excluding steroid dienone is 3. The molecule has 1 atom stereocenters. The van der Waals surface area contributed by atoms with Crippen LogP contribution in [0, 0.1) is 11.7 Å². The second-order valence-corrected chi connectivity index (χ2v) is 8.38. The van der Waals surface area contributed by atoms with Crippen molar-refractivity contribution in [3.05, 3.63) is 58.3 Å². The van der Waals surface area contributed by atoms with Gasteiger partial charge in [0, 0.05) is 34.6 Å². The topological polar surface area (TPSA) is 57.8 Å². The first-order valence-corrected chi connectivity index (χ1v) is 10.8. The Hall–Kier alpha value is -2.69. The third-order valence-electron chi connectivity index (χ3n) is 5.76. The molecule has 0 radical (unpaired) electrons. The zero-order chi connectivity index (χ0) is 22.0. The van der Waals surface area contributed by atoms with E-state index in [0.29, 0.717) is 12.0 Å². The van der Waals surface area contributed by atoms with Crippen LogP contribution in [0.15, 0.2) is 30.1 Å². The highest BCUT2D eigenvalue weighted by Crippen LogP contribution is 2.40. The molecular weight excluding hydrogens is 377 g/mol. The first kappa shape index (κ1) is 22.0. The van der Waals surface area contributed by atoms with E-state index in [2.05, 4.69) is 28.8 Å². The molecule has 3 rings (SSSR count). The number of aromatic nitrogens is 2. The average Bonchev–Trinajstić information content (AvgIpc) is 3.06. The number of carbonyl (C=O) groups excluding carboxylic acids is 1. The van der Waals surface area contributed by atoms with E-state index in [1.165, 1.54) is 0 Å². The summed E-state index contributed by atoms with van der Waals surface area (Å²) in [6, 6.07) is 0. The molecule has 0 bridgehead atoms. The quantitative estimate of drug-likeness (QED) is 0.392. The predicted molar refractivity (Wildman–Crippen MR) is 121 cm³/mol. The Labute approximate surface area is 178 Å². The Morgan fingerprint density at radius 1 is 1.37 bits per heavy atom. The van der Waals surface area contributed by atoms with E-state index in [1.807, 2.05) is 33.8 Å². The number of rotatable bonds is 8. The van der Waals surface area contributed by atoms with Crippen LogP contribution in [-0.2, 0) is 19.3 Å². The molecular formula is C25H32FN3O. The van der Waals surface area contributed by atoms with Crippen LogP contribution in [0.5, 0.6) is 0 Å². The lowest BCUT2D eigenvalue weighted by molar-refractivity contribution is 0.0925. The smallest absolute Gasteiger partial charge is 0.175 e. The van der Waals surface area contributed by atoms with Crippen molar-refractivity contribution in [2.75, 3.05) is 5.32 Å². The number of Topliss-reactive ketones (excluding diaryl/α,β-unsaturated/α-hetero) is 1. The highest BCUT2D eigenvalue weighted by atomic mass is 19.1. The first-order valence-electron chi connectivity index (χ1n) is 10.8. The monoisotopic (exact) mass is 409 g/mol. The van der Waals surface area contributed by atoms with Crippen molar-refractivity contribution in [1.82, 2.24) is 9.97 Å². The van der Waals surface area contributed by atoms with Gasteiger partial charge in [-0.25, -0.2) is 9.37 Å². The molecule has 2 N–H and O–H groups in total. The standard InChI is InChI=1S/C25H32FN3O/c1-7-9-19-21(24(30)15(5)8-2)18-11-10-17-13-27-25(28-16(6)12-14(3)4)22(26)20(17)23(18)29-19/h12-13,15,29H,3,7-11H2,1-2,4-6H3,(H,27,28)/b16-12+. The zero-order valence-corrected chi connectivity index (χ0v) is 18.7. The second kappa shape index (κ2) is 8.99. The minimum Gasteiger partial charge on any atom is -0.357 e. The first-order chi connectivity index (χ1) is 14.3. The summed E-state index contributed by atoms with van der Waals surface area (Å²) < 4.78 is 15.6. The van der Waals surface area contributed by atoms with E-state index in [1.54, 1.807) is 6.20 Å².